The summed E-state index contributed by atoms with van der Waals surface area (Å²) in [5, 5.41) is 12.5. The van der Waals surface area contributed by atoms with Gasteiger partial charge >= 0.3 is 0 Å². The molecule has 0 aromatic heterocycles. The second kappa shape index (κ2) is 7.55. The molecular weight excluding hydrogens is 299 g/mol. The predicted octanol–water partition coefficient (Wildman–Crippen LogP) is 1.25. The molecule has 1 aliphatic rings. The van der Waals surface area contributed by atoms with Crippen molar-refractivity contribution in [1.29, 1.82) is 0 Å². The molecule has 2 rings (SSSR count). The van der Waals surface area contributed by atoms with E-state index in [2.05, 4.69) is 5.32 Å². The van der Waals surface area contributed by atoms with Gasteiger partial charge in [0.25, 0.3) is 0 Å². The van der Waals surface area contributed by atoms with Crippen molar-refractivity contribution in [3.05, 3.63) is 35.6 Å². The molecule has 1 aromatic carbocycles. The molecule has 0 saturated carbocycles. The monoisotopic (exact) mass is 322 g/mol. The van der Waals surface area contributed by atoms with Crippen LogP contribution in [0.4, 0.5) is 4.39 Å². The molecule has 1 fully saturated rings. The van der Waals surface area contributed by atoms with Gasteiger partial charge in [-0.2, -0.15) is 0 Å². The topological polar surface area (TPSA) is 69.6 Å². The molecule has 1 atom stereocenters. The molecular formula is C17H23FN2O3. The number of halogens is 1. The lowest BCUT2D eigenvalue weighted by Crippen LogP contribution is -2.52. The van der Waals surface area contributed by atoms with Crippen molar-refractivity contribution in [2.45, 2.75) is 38.1 Å². The highest BCUT2D eigenvalue weighted by atomic mass is 19.1. The summed E-state index contributed by atoms with van der Waals surface area (Å²) in [4.78, 5) is 25.4. The van der Waals surface area contributed by atoms with Crippen LogP contribution < -0.4 is 5.32 Å². The lowest BCUT2D eigenvalue weighted by atomic mass is 9.92. The van der Waals surface area contributed by atoms with Gasteiger partial charge in [0.2, 0.25) is 11.8 Å². The minimum Gasteiger partial charge on any atom is -0.394 e. The van der Waals surface area contributed by atoms with Crippen LogP contribution in [0.25, 0.3) is 0 Å². The van der Waals surface area contributed by atoms with Crippen molar-refractivity contribution < 1.29 is 19.1 Å². The lowest BCUT2D eigenvalue weighted by Gasteiger charge is -2.36. The van der Waals surface area contributed by atoms with E-state index in [0.29, 0.717) is 25.9 Å². The van der Waals surface area contributed by atoms with Crippen molar-refractivity contribution >= 4 is 11.8 Å². The number of aliphatic hydroxyl groups is 1. The summed E-state index contributed by atoms with van der Waals surface area (Å²) in [6.07, 6.45) is 2.14. The molecule has 1 aromatic rings. The van der Waals surface area contributed by atoms with Gasteiger partial charge in [-0.1, -0.05) is 12.1 Å². The maximum absolute atomic E-state index is 12.8. The fourth-order valence-electron chi connectivity index (χ4n) is 3.19. The van der Waals surface area contributed by atoms with Crippen LogP contribution in [-0.2, 0) is 16.0 Å². The fourth-order valence-corrected chi connectivity index (χ4v) is 3.19. The number of rotatable bonds is 6. The largest absolute Gasteiger partial charge is 0.394 e. The number of aliphatic hydroxyl groups excluding tert-OH is 1. The highest BCUT2D eigenvalue weighted by Gasteiger charge is 2.43. The van der Waals surface area contributed by atoms with Gasteiger partial charge < -0.3 is 15.3 Å². The number of amides is 2. The highest BCUT2D eigenvalue weighted by molar-refractivity contribution is 5.80. The number of nitrogens with one attached hydrogen (secondary N) is 1. The number of carbonyl (C=O) groups is 2. The van der Waals surface area contributed by atoms with Crippen molar-refractivity contribution in [3.63, 3.8) is 0 Å². The molecule has 0 radical (unpaired) electrons. The fraction of sp³-hybridized carbons (Fsp3) is 0.529. The van der Waals surface area contributed by atoms with Crippen LogP contribution in [0.2, 0.25) is 0 Å². The quantitative estimate of drug-likeness (QED) is 0.828. The Morgan fingerprint density at radius 3 is 2.65 bits per heavy atom. The van der Waals surface area contributed by atoms with Gasteiger partial charge in [0, 0.05) is 20.0 Å². The Morgan fingerprint density at radius 2 is 2.04 bits per heavy atom. The van der Waals surface area contributed by atoms with Gasteiger partial charge in [-0.05, 0) is 37.0 Å². The first-order valence-corrected chi connectivity index (χ1v) is 7.87. The van der Waals surface area contributed by atoms with Crippen molar-refractivity contribution in [2.75, 3.05) is 19.7 Å². The first-order chi connectivity index (χ1) is 11.0. The molecule has 0 bridgehead atoms. The van der Waals surface area contributed by atoms with Gasteiger partial charge in [-0.25, -0.2) is 4.39 Å². The number of nitrogens with zero attached hydrogens (tertiary/aromatic N) is 1. The average molecular weight is 322 g/mol. The highest BCUT2D eigenvalue weighted by Crippen LogP contribution is 2.32. The van der Waals surface area contributed by atoms with E-state index in [-0.39, 0.29) is 30.7 Å². The Hall–Kier alpha value is -1.95. The summed E-state index contributed by atoms with van der Waals surface area (Å²) >= 11 is 0. The SMILES string of the molecule is CC(=O)N1CCCC1(CO)CC(=O)NCCc1ccc(F)cc1. The molecule has 2 amide bonds. The molecule has 0 aliphatic carbocycles. The van der Waals surface area contributed by atoms with Gasteiger partial charge in [-0.3, -0.25) is 9.59 Å². The van der Waals surface area contributed by atoms with Crippen LogP contribution in [0.5, 0.6) is 0 Å². The number of hydrogen-bond acceptors (Lipinski definition) is 3. The summed E-state index contributed by atoms with van der Waals surface area (Å²) in [6, 6.07) is 6.15. The molecule has 5 nitrogen and oxygen atoms in total. The van der Waals surface area contributed by atoms with E-state index in [0.717, 1.165) is 12.0 Å². The summed E-state index contributed by atoms with van der Waals surface area (Å²) in [7, 11) is 0. The zero-order valence-corrected chi connectivity index (χ0v) is 13.3. The van der Waals surface area contributed by atoms with Gasteiger partial charge in [0.1, 0.15) is 5.82 Å². The van der Waals surface area contributed by atoms with E-state index >= 15 is 0 Å². The van der Waals surface area contributed by atoms with Gasteiger partial charge in [0.15, 0.2) is 0 Å². The van der Waals surface area contributed by atoms with E-state index in [1.807, 2.05) is 0 Å². The maximum Gasteiger partial charge on any atom is 0.222 e. The van der Waals surface area contributed by atoms with Gasteiger partial charge in [0.05, 0.1) is 18.6 Å². The zero-order chi connectivity index (χ0) is 16.9. The van der Waals surface area contributed by atoms with E-state index < -0.39 is 5.54 Å². The standard InChI is InChI=1S/C17H23FN2O3/c1-13(22)20-10-2-8-17(20,12-21)11-16(23)19-9-7-14-3-5-15(18)6-4-14/h3-6,21H,2,7-12H2,1H3,(H,19,23). The maximum atomic E-state index is 12.8. The number of carbonyl (C=O) groups excluding carboxylic acids is 2. The Labute approximate surface area is 135 Å². The summed E-state index contributed by atoms with van der Waals surface area (Å²) < 4.78 is 12.8. The molecule has 2 N–H and O–H groups in total. The van der Waals surface area contributed by atoms with Gasteiger partial charge in [-0.15, -0.1) is 0 Å². The van der Waals surface area contributed by atoms with Crippen LogP contribution in [-0.4, -0.2) is 47.1 Å². The Morgan fingerprint density at radius 1 is 1.35 bits per heavy atom. The molecule has 126 valence electrons. The Kier molecular flexibility index (Phi) is 5.71. The Balaban J connectivity index is 1.85. The van der Waals surface area contributed by atoms with E-state index in [9.17, 15) is 19.1 Å². The molecule has 1 aliphatic heterocycles. The first-order valence-electron chi connectivity index (χ1n) is 7.87. The predicted molar refractivity (Wildman–Crippen MR) is 84.2 cm³/mol. The van der Waals surface area contributed by atoms with Crippen LogP contribution in [0.15, 0.2) is 24.3 Å². The minimum absolute atomic E-state index is 0.104. The summed E-state index contributed by atoms with van der Waals surface area (Å²) in [6.45, 7) is 2.27. The molecule has 1 unspecified atom stereocenters. The minimum atomic E-state index is -0.772. The third kappa shape index (κ3) is 4.28. The second-order valence-corrected chi connectivity index (χ2v) is 6.06. The van der Waals surface area contributed by atoms with E-state index in [1.165, 1.54) is 19.1 Å². The molecule has 1 saturated heterocycles. The molecule has 1 heterocycles. The van der Waals surface area contributed by atoms with Crippen molar-refractivity contribution in [1.82, 2.24) is 10.2 Å². The first kappa shape index (κ1) is 17.4. The third-order valence-electron chi connectivity index (χ3n) is 4.41. The molecule has 6 heteroatoms. The zero-order valence-electron chi connectivity index (χ0n) is 13.3. The van der Waals surface area contributed by atoms with Crippen LogP contribution in [0, 0.1) is 5.82 Å². The second-order valence-electron chi connectivity index (χ2n) is 6.06. The molecule has 23 heavy (non-hydrogen) atoms. The van der Waals surface area contributed by atoms with Crippen LogP contribution in [0.3, 0.4) is 0 Å². The van der Waals surface area contributed by atoms with Crippen LogP contribution >= 0.6 is 0 Å². The smallest absolute Gasteiger partial charge is 0.222 e. The summed E-state index contributed by atoms with van der Waals surface area (Å²) in [5.74, 6) is -0.585. The summed E-state index contributed by atoms with van der Waals surface area (Å²) in [5.41, 5.74) is 0.168. The average Bonchev–Trinajstić information content (AvgIpc) is 2.93. The number of hydrogen-bond donors (Lipinski definition) is 2. The third-order valence-corrected chi connectivity index (χ3v) is 4.41. The number of likely N-dealkylation sites (tertiary alicyclic amines) is 1. The lowest BCUT2D eigenvalue weighted by molar-refractivity contribution is -0.137. The normalized spacial score (nSPS) is 20.6. The van der Waals surface area contributed by atoms with Crippen LogP contribution in [0.1, 0.15) is 31.7 Å². The Bertz CT molecular complexity index is 561. The van der Waals surface area contributed by atoms with E-state index in [4.69, 9.17) is 0 Å². The molecule has 0 spiro atoms. The van der Waals surface area contributed by atoms with Crippen molar-refractivity contribution in [2.24, 2.45) is 0 Å². The number of benzene rings is 1. The van der Waals surface area contributed by atoms with Crippen molar-refractivity contribution in [3.8, 4) is 0 Å². The van der Waals surface area contributed by atoms with E-state index in [1.54, 1.807) is 17.0 Å².